The third-order valence-electron chi connectivity index (χ3n) is 3.18. The number of aromatic nitrogens is 2. The molecule has 19 heavy (non-hydrogen) atoms. The van der Waals surface area contributed by atoms with Crippen molar-refractivity contribution in [2.24, 2.45) is 7.05 Å². The first-order chi connectivity index (χ1) is 9.15. The third kappa shape index (κ3) is 1.51. The first-order valence-corrected chi connectivity index (χ1v) is 6.03. The molecule has 96 valence electrons. The highest BCUT2D eigenvalue weighted by Crippen LogP contribution is 2.34. The van der Waals surface area contributed by atoms with E-state index in [-0.39, 0.29) is 0 Å². The molecule has 0 saturated carbocycles. The SMILES string of the molecule is CCOc1nc2c(n1C)C(=O)C(=O)c1ccccc1-2. The maximum atomic E-state index is 12.2. The summed E-state index contributed by atoms with van der Waals surface area (Å²) in [6.45, 7) is 2.29. The molecule has 0 aliphatic heterocycles. The van der Waals surface area contributed by atoms with E-state index in [2.05, 4.69) is 4.98 Å². The van der Waals surface area contributed by atoms with Crippen LogP contribution >= 0.6 is 0 Å². The van der Waals surface area contributed by atoms with E-state index < -0.39 is 11.6 Å². The van der Waals surface area contributed by atoms with Gasteiger partial charge in [0, 0.05) is 18.2 Å². The number of carbonyl (C=O) groups excluding carboxylic acids is 2. The van der Waals surface area contributed by atoms with Crippen LogP contribution in [0.2, 0.25) is 0 Å². The number of benzene rings is 1. The lowest BCUT2D eigenvalue weighted by Gasteiger charge is -2.13. The summed E-state index contributed by atoms with van der Waals surface area (Å²) in [5, 5.41) is 0. The van der Waals surface area contributed by atoms with Gasteiger partial charge in [-0.05, 0) is 6.92 Å². The molecule has 0 spiro atoms. The molecule has 0 unspecified atom stereocenters. The molecule has 0 atom stereocenters. The Hall–Kier alpha value is -2.43. The fourth-order valence-corrected chi connectivity index (χ4v) is 2.30. The second-order valence-electron chi connectivity index (χ2n) is 4.29. The Balaban J connectivity index is 2.31. The standard InChI is InChI=1S/C14H12N2O3/c1-3-19-14-15-10-8-6-4-5-7-9(8)12(17)13(18)11(10)16(14)2/h4-7H,3H2,1-2H3. The zero-order chi connectivity index (χ0) is 13.6. The minimum Gasteiger partial charge on any atom is -0.465 e. The Bertz CT molecular complexity index is 701. The Morgan fingerprint density at radius 1 is 1.16 bits per heavy atom. The van der Waals surface area contributed by atoms with Gasteiger partial charge in [0.1, 0.15) is 11.4 Å². The molecule has 0 radical (unpaired) electrons. The number of carbonyl (C=O) groups is 2. The maximum Gasteiger partial charge on any atom is 0.297 e. The average Bonchev–Trinajstić information content (AvgIpc) is 2.74. The van der Waals surface area contributed by atoms with Gasteiger partial charge in [-0.2, -0.15) is 4.98 Å². The minimum absolute atomic E-state index is 0.298. The van der Waals surface area contributed by atoms with Crippen molar-refractivity contribution in [3.63, 3.8) is 0 Å². The smallest absolute Gasteiger partial charge is 0.297 e. The van der Waals surface area contributed by atoms with Gasteiger partial charge in [-0.1, -0.05) is 24.3 Å². The Kier molecular flexibility index (Phi) is 2.48. The number of ketones is 2. The zero-order valence-electron chi connectivity index (χ0n) is 10.6. The molecular formula is C14H12N2O3. The molecular weight excluding hydrogens is 244 g/mol. The number of Topliss-reactive ketones (excluding diaryl/α,β-unsaturated/α-hetero) is 2. The highest BCUT2D eigenvalue weighted by Gasteiger charge is 2.35. The summed E-state index contributed by atoms with van der Waals surface area (Å²) < 4.78 is 6.91. The van der Waals surface area contributed by atoms with Gasteiger partial charge < -0.3 is 4.74 Å². The summed E-state index contributed by atoms with van der Waals surface area (Å²) in [5.74, 6) is -1.02. The van der Waals surface area contributed by atoms with E-state index in [0.717, 1.165) is 0 Å². The van der Waals surface area contributed by atoms with Crippen molar-refractivity contribution in [3.05, 3.63) is 35.5 Å². The molecule has 0 saturated heterocycles. The Morgan fingerprint density at radius 3 is 2.53 bits per heavy atom. The van der Waals surface area contributed by atoms with Crippen LogP contribution in [0.4, 0.5) is 0 Å². The number of fused-ring (bicyclic) bond motifs is 3. The number of hydrogen-bond acceptors (Lipinski definition) is 4. The monoisotopic (exact) mass is 256 g/mol. The molecule has 2 aromatic rings. The van der Waals surface area contributed by atoms with Gasteiger partial charge in [0.25, 0.3) is 11.8 Å². The third-order valence-corrected chi connectivity index (χ3v) is 3.18. The summed E-state index contributed by atoms with van der Waals surface area (Å²) in [6, 6.07) is 7.35. The van der Waals surface area contributed by atoms with Crippen LogP contribution in [-0.4, -0.2) is 27.7 Å². The minimum atomic E-state index is -0.533. The summed E-state index contributed by atoms with van der Waals surface area (Å²) in [5.41, 5.74) is 1.91. The van der Waals surface area contributed by atoms with Crippen molar-refractivity contribution < 1.29 is 14.3 Å². The molecule has 1 heterocycles. The summed E-state index contributed by atoms with van der Waals surface area (Å²) in [6.07, 6.45) is 0. The van der Waals surface area contributed by atoms with E-state index in [1.54, 1.807) is 25.2 Å². The van der Waals surface area contributed by atoms with Gasteiger partial charge in [0.05, 0.1) is 6.61 Å². The first kappa shape index (κ1) is 11.6. The van der Waals surface area contributed by atoms with Crippen LogP contribution in [-0.2, 0) is 7.05 Å². The van der Waals surface area contributed by atoms with Crippen LogP contribution in [0.3, 0.4) is 0 Å². The van der Waals surface area contributed by atoms with Crippen molar-refractivity contribution in [2.75, 3.05) is 6.61 Å². The number of hydrogen-bond donors (Lipinski definition) is 0. The van der Waals surface area contributed by atoms with E-state index in [1.165, 1.54) is 4.57 Å². The van der Waals surface area contributed by atoms with Crippen LogP contribution in [0, 0.1) is 0 Å². The van der Waals surface area contributed by atoms with Gasteiger partial charge >= 0.3 is 0 Å². The van der Waals surface area contributed by atoms with E-state index in [0.29, 0.717) is 35.1 Å². The summed E-state index contributed by atoms with van der Waals surface area (Å²) in [4.78, 5) is 28.6. The van der Waals surface area contributed by atoms with Crippen molar-refractivity contribution in [1.82, 2.24) is 9.55 Å². The lowest BCUT2D eigenvalue weighted by molar-refractivity contribution is 0.0810. The van der Waals surface area contributed by atoms with Crippen LogP contribution in [0.15, 0.2) is 24.3 Å². The second-order valence-corrected chi connectivity index (χ2v) is 4.29. The molecule has 5 heteroatoms. The highest BCUT2D eigenvalue weighted by molar-refractivity contribution is 6.52. The van der Waals surface area contributed by atoms with Crippen LogP contribution in [0.25, 0.3) is 11.3 Å². The molecule has 1 aromatic carbocycles. The topological polar surface area (TPSA) is 61.2 Å². The number of imidazole rings is 1. The van der Waals surface area contributed by atoms with Crippen molar-refractivity contribution >= 4 is 11.6 Å². The predicted octanol–water partition coefficient (Wildman–Crippen LogP) is 1.86. The molecule has 0 amide bonds. The summed E-state index contributed by atoms with van der Waals surface area (Å²) in [7, 11) is 1.68. The number of nitrogens with zero attached hydrogens (tertiary/aromatic N) is 2. The Morgan fingerprint density at radius 2 is 1.84 bits per heavy atom. The normalized spacial score (nSPS) is 13.2. The molecule has 0 fully saturated rings. The highest BCUT2D eigenvalue weighted by atomic mass is 16.5. The number of rotatable bonds is 2. The van der Waals surface area contributed by atoms with Crippen LogP contribution in [0.1, 0.15) is 27.8 Å². The summed E-state index contributed by atoms with van der Waals surface area (Å²) >= 11 is 0. The Labute approximate surface area is 109 Å². The number of ether oxygens (including phenoxy) is 1. The van der Waals surface area contributed by atoms with Gasteiger partial charge in [0.2, 0.25) is 5.78 Å². The molecule has 1 aromatic heterocycles. The molecule has 3 rings (SSSR count). The predicted molar refractivity (Wildman–Crippen MR) is 68.5 cm³/mol. The van der Waals surface area contributed by atoms with Crippen molar-refractivity contribution in [3.8, 4) is 17.3 Å². The van der Waals surface area contributed by atoms with E-state index in [9.17, 15) is 9.59 Å². The van der Waals surface area contributed by atoms with Crippen LogP contribution in [0.5, 0.6) is 6.01 Å². The molecule has 0 N–H and O–H groups in total. The van der Waals surface area contributed by atoms with Gasteiger partial charge in [-0.25, -0.2) is 0 Å². The van der Waals surface area contributed by atoms with Crippen LogP contribution < -0.4 is 4.74 Å². The largest absolute Gasteiger partial charge is 0.465 e. The molecule has 0 bridgehead atoms. The van der Waals surface area contributed by atoms with Gasteiger partial charge in [-0.3, -0.25) is 14.2 Å². The molecule has 5 nitrogen and oxygen atoms in total. The van der Waals surface area contributed by atoms with E-state index in [4.69, 9.17) is 4.74 Å². The quantitative estimate of drug-likeness (QED) is 0.769. The van der Waals surface area contributed by atoms with E-state index in [1.807, 2.05) is 13.0 Å². The fourth-order valence-electron chi connectivity index (χ4n) is 2.30. The van der Waals surface area contributed by atoms with Crippen molar-refractivity contribution in [1.29, 1.82) is 0 Å². The first-order valence-electron chi connectivity index (χ1n) is 6.03. The van der Waals surface area contributed by atoms with Gasteiger partial charge in [-0.15, -0.1) is 0 Å². The maximum absolute atomic E-state index is 12.2. The lowest BCUT2D eigenvalue weighted by atomic mass is 9.90. The zero-order valence-corrected chi connectivity index (χ0v) is 10.6. The molecule has 1 aliphatic rings. The fraction of sp³-hybridized carbons (Fsp3) is 0.214. The van der Waals surface area contributed by atoms with Crippen molar-refractivity contribution in [2.45, 2.75) is 6.92 Å². The van der Waals surface area contributed by atoms with E-state index >= 15 is 0 Å². The van der Waals surface area contributed by atoms with Gasteiger partial charge in [0.15, 0.2) is 0 Å². The second kappa shape index (κ2) is 4.05. The average molecular weight is 256 g/mol. The lowest BCUT2D eigenvalue weighted by Crippen LogP contribution is -2.23. The molecule has 1 aliphatic carbocycles.